The molecule has 4 amide bonds. The van der Waals surface area contributed by atoms with Crippen LogP contribution in [0.5, 0.6) is 0 Å². The number of benzene rings is 2. The number of imide groups is 1. The van der Waals surface area contributed by atoms with Crippen LogP contribution in [0, 0.1) is 11.7 Å². The largest absolute Gasteiger partial charge is 0.376 e. The molecular weight excluding hydrogens is 475 g/mol. The van der Waals surface area contributed by atoms with Crippen molar-refractivity contribution in [2.75, 3.05) is 37.7 Å². The Labute approximate surface area is 208 Å². The number of carbonyl (C=O) groups excluding carboxylic acids is 3. The lowest BCUT2D eigenvalue weighted by molar-refractivity contribution is -0.139. The number of halogens is 2. The molecule has 0 spiro atoms. The summed E-state index contributed by atoms with van der Waals surface area (Å²) in [5.41, 5.74) is 0.577. The summed E-state index contributed by atoms with van der Waals surface area (Å²) in [6, 6.07) is 13.6. The van der Waals surface area contributed by atoms with Gasteiger partial charge in [0.05, 0.1) is 24.2 Å². The van der Waals surface area contributed by atoms with Crippen LogP contribution in [0.4, 0.5) is 14.9 Å². The van der Waals surface area contributed by atoms with Gasteiger partial charge in [-0.05, 0) is 37.1 Å². The molecule has 35 heavy (non-hydrogen) atoms. The second-order valence-electron chi connectivity index (χ2n) is 9.05. The monoisotopic (exact) mass is 502 g/mol. The van der Waals surface area contributed by atoms with Crippen LogP contribution >= 0.6 is 11.6 Å². The topological polar surface area (TPSA) is 91.0 Å². The summed E-state index contributed by atoms with van der Waals surface area (Å²) in [6.07, 6.45) is 0.117. The first-order chi connectivity index (χ1) is 16.7. The lowest BCUT2D eigenvalue weighted by atomic mass is 9.88. The summed E-state index contributed by atoms with van der Waals surface area (Å²) in [5, 5.41) is 4.94. The van der Waals surface area contributed by atoms with Gasteiger partial charge in [-0.2, -0.15) is 0 Å². The third kappa shape index (κ3) is 5.91. The average Bonchev–Trinajstić information content (AvgIpc) is 3.11. The van der Waals surface area contributed by atoms with E-state index in [1.165, 1.54) is 6.07 Å². The summed E-state index contributed by atoms with van der Waals surface area (Å²) in [7, 11) is 0. The summed E-state index contributed by atoms with van der Waals surface area (Å²) >= 11 is 5.92. The van der Waals surface area contributed by atoms with Gasteiger partial charge in [-0.3, -0.25) is 14.9 Å². The number of piperazine rings is 1. The molecule has 2 aliphatic heterocycles. The number of rotatable bonds is 8. The highest BCUT2D eigenvalue weighted by Crippen LogP contribution is 2.26. The predicted octanol–water partition coefficient (Wildman–Crippen LogP) is 2.95. The lowest BCUT2D eigenvalue weighted by Gasteiger charge is -2.38. The molecule has 0 saturated carbocycles. The van der Waals surface area contributed by atoms with Crippen molar-refractivity contribution in [1.29, 1.82) is 0 Å². The van der Waals surface area contributed by atoms with Gasteiger partial charge in [-0.15, -0.1) is 0 Å². The van der Waals surface area contributed by atoms with Gasteiger partial charge in [0.2, 0.25) is 5.91 Å². The molecule has 2 aliphatic rings. The van der Waals surface area contributed by atoms with Gasteiger partial charge in [0.1, 0.15) is 11.4 Å². The molecule has 0 radical (unpaired) electrons. The SMILES string of the molecule is CC1(CC(COCc2ccccc2)C(=O)N2CCN(c3ccc(F)c(Cl)c3)CC2)NC(=O)NC1=O. The number of nitrogens with one attached hydrogen (secondary N) is 2. The van der Waals surface area contributed by atoms with Crippen molar-refractivity contribution in [2.45, 2.75) is 25.5 Å². The number of ether oxygens (including phenoxy) is 1. The van der Waals surface area contributed by atoms with Crippen LogP contribution in [0.2, 0.25) is 5.02 Å². The van der Waals surface area contributed by atoms with Gasteiger partial charge in [-0.1, -0.05) is 41.9 Å². The fourth-order valence-corrected chi connectivity index (χ4v) is 4.63. The van der Waals surface area contributed by atoms with Gasteiger partial charge in [0, 0.05) is 31.9 Å². The van der Waals surface area contributed by atoms with E-state index in [2.05, 4.69) is 10.6 Å². The maximum atomic E-state index is 13.5. The zero-order valence-electron chi connectivity index (χ0n) is 19.4. The van der Waals surface area contributed by atoms with E-state index in [4.69, 9.17) is 16.3 Å². The van der Waals surface area contributed by atoms with Crippen molar-refractivity contribution in [3.05, 3.63) is 64.9 Å². The Morgan fingerprint density at radius 3 is 2.49 bits per heavy atom. The normalized spacial score (nSPS) is 21.0. The molecule has 10 heteroatoms. The minimum atomic E-state index is -1.19. The van der Waals surface area contributed by atoms with Crippen LogP contribution in [0.3, 0.4) is 0 Å². The van der Waals surface area contributed by atoms with Gasteiger partial charge in [0.15, 0.2) is 0 Å². The van der Waals surface area contributed by atoms with Crippen molar-refractivity contribution in [3.63, 3.8) is 0 Å². The van der Waals surface area contributed by atoms with E-state index in [-0.39, 0.29) is 24.0 Å². The van der Waals surface area contributed by atoms with E-state index >= 15 is 0 Å². The molecular formula is C25H28ClFN4O4. The van der Waals surface area contributed by atoms with Crippen molar-refractivity contribution < 1.29 is 23.5 Å². The predicted molar refractivity (Wildman–Crippen MR) is 129 cm³/mol. The minimum absolute atomic E-state index is 0.0572. The number of anilines is 1. The van der Waals surface area contributed by atoms with Gasteiger partial charge < -0.3 is 19.9 Å². The smallest absolute Gasteiger partial charge is 0.322 e. The quantitative estimate of drug-likeness (QED) is 0.542. The molecule has 0 bridgehead atoms. The average molecular weight is 503 g/mol. The Morgan fingerprint density at radius 1 is 1.14 bits per heavy atom. The Bertz CT molecular complexity index is 1090. The molecule has 4 rings (SSSR count). The molecule has 2 saturated heterocycles. The summed E-state index contributed by atoms with van der Waals surface area (Å²) in [6.45, 7) is 4.08. The molecule has 2 N–H and O–H groups in total. The molecule has 2 atom stereocenters. The first-order valence-electron chi connectivity index (χ1n) is 11.5. The zero-order chi connectivity index (χ0) is 25.0. The van der Waals surface area contributed by atoms with Crippen LogP contribution in [0.1, 0.15) is 18.9 Å². The van der Waals surface area contributed by atoms with Crippen LogP contribution in [0.25, 0.3) is 0 Å². The standard InChI is InChI=1S/C25H28ClFN4O4/c1-25(23(33)28-24(34)29-25)14-18(16-35-15-17-5-3-2-4-6-17)22(32)31-11-9-30(10-12-31)19-7-8-21(27)20(26)13-19/h2-8,13,18H,9-12,14-16H2,1H3,(H2,28,29,33,34). The molecule has 8 nitrogen and oxygen atoms in total. The fraction of sp³-hybridized carbons (Fsp3) is 0.400. The fourth-order valence-electron chi connectivity index (χ4n) is 4.45. The van der Waals surface area contributed by atoms with Crippen LogP contribution in [-0.4, -0.2) is 61.1 Å². The van der Waals surface area contributed by atoms with E-state index in [1.807, 2.05) is 35.2 Å². The molecule has 2 aromatic carbocycles. The second-order valence-corrected chi connectivity index (χ2v) is 9.46. The summed E-state index contributed by atoms with van der Waals surface area (Å²) in [5.74, 6) is -1.69. The third-order valence-corrected chi connectivity index (χ3v) is 6.70. The van der Waals surface area contributed by atoms with E-state index in [0.717, 1.165) is 11.3 Å². The number of nitrogens with zero attached hydrogens (tertiary/aromatic N) is 2. The molecule has 2 aromatic rings. The highest BCUT2D eigenvalue weighted by atomic mass is 35.5. The van der Waals surface area contributed by atoms with E-state index in [1.54, 1.807) is 24.0 Å². The second kappa shape index (κ2) is 10.6. The molecule has 186 valence electrons. The molecule has 0 aromatic heterocycles. The van der Waals surface area contributed by atoms with Gasteiger partial charge in [0.25, 0.3) is 5.91 Å². The Kier molecular flexibility index (Phi) is 7.57. The number of amides is 4. The minimum Gasteiger partial charge on any atom is -0.376 e. The molecule has 2 unspecified atom stereocenters. The maximum absolute atomic E-state index is 13.5. The van der Waals surface area contributed by atoms with Crippen molar-refractivity contribution in [2.24, 2.45) is 5.92 Å². The van der Waals surface area contributed by atoms with Crippen molar-refractivity contribution >= 4 is 35.1 Å². The third-order valence-electron chi connectivity index (χ3n) is 6.41. The van der Waals surface area contributed by atoms with Crippen LogP contribution < -0.4 is 15.5 Å². The highest BCUT2D eigenvalue weighted by Gasteiger charge is 2.45. The summed E-state index contributed by atoms with van der Waals surface area (Å²) < 4.78 is 19.4. The Balaban J connectivity index is 1.41. The number of hydrogen-bond donors (Lipinski definition) is 2. The van der Waals surface area contributed by atoms with Crippen molar-refractivity contribution in [1.82, 2.24) is 15.5 Å². The van der Waals surface area contributed by atoms with Crippen molar-refractivity contribution in [3.8, 4) is 0 Å². The molecule has 0 aliphatic carbocycles. The molecule has 2 heterocycles. The van der Waals surface area contributed by atoms with Crippen LogP contribution in [0.15, 0.2) is 48.5 Å². The molecule has 2 fully saturated rings. The first-order valence-corrected chi connectivity index (χ1v) is 11.9. The summed E-state index contributed by atoms with van der Waals surface area (Å²) in [4.78, 5) is 41.4. The van der Waals surface area contributed by atoms with Crippen LogP contribution in [-0.2, 0) is 20.9 Å². The van der Waals surface area contributed by atoms with E-state index < -0.39 is 29.2 Å². The Morgan fingerprint density at radius 2 is 1.86 bits per heavy atom. The Hall–Kier alpha value is -3.17. The highest BCUT2D eigenvalue weighted by molar-refractivity contribution is 6.31. The number of carbonyl (C=O) groups is 3. The first kappa shape index (κ1) is 24.9. The number of hydrogen-bond acceptors (Lipinski definition) is 5. The van der Waals surface area contributed by atoms with E-state index in [0.29, 0.717) is 32.8 Å². The number of urea groups is 1. The lowest BCUT2D eigenvalue weighted by Crippen LogP contribution is -2.53. The maximum Gasteiger partial charge on any atom is 0.322 e. The zero-order valence-corrected chi connectivity index (χ0v) is 20.2. The van der Waals surface area contributed by atoms with E-state index in [9.17, 15) is 18.8 Å². The van der Waals surface area contributed by atoms with Gasteiger partial charge in [-0.25, -0.2) is 9.18 Å². The van der Waals surface area contributed by atoms with Gasteiger partial charge >= 0.3 is 6.03 Å².